The largest absolute Gasteiger partial charge is 0.463 e. The van der Waals surface area contributed by atoms with Gasteiger partial charge in [0.2, 0.25) is 0 Å². The lowest BCUT2D eigenvalue weighted by Gasteiger charge is -1.96. The van der Waals surface area contributed by atoms with Gasteiger partial charge in [0.1, 0.15) is 0 Å². The van der Waals surface area contributed by atoms with E-state index in [1.807, 2.05) is 6.92 Å². The van der Waals surface area contributed by atoms with Crippen LogP contribution in [0.4, 0.5) is 0 Å². The number of nitrogens with one attached hydrogen (secondary N) is 1. The first-order valence-corrected chi connectivity index (χ1v) is 3.31. The molecule has 58 valence electrons. The fourth-order valence-electron chi connectivity index (χ4n) is 0.402. The van der Waals surface area contributed by atoms with Crippen molar-refractivity contribution in [3.8, 4) is 0 Å². The van der Waals surface area contributed by atoms with Crippen LogP contribution in [-0.2, 0) is 9.53 Å². The summed E-state index contributed by atoms with van der Waals surface area (Å²) in [5, 5.41) is 2.69. The summed E-state index contributed by atoms with van der Waals surface area (Å²) in [5.41, 5.74) is 0. The Morgan fingerprint density at radius 2 is 2.40 bits per heavy atom. The number of hydrogen-bond donors (Lipinski definition) is 1. The molecule has 10 heavy (non-hydrogen) atoms. The van der Waals surface area contributed by atoms with E-state index in [2.05, 4.69) is 5.32 Å². The minimum atomic E-state index is -0.295. The van der Waals surface area contributed by atoms with E-state index in [0.717, 1.165) is 6.42 Å². The Kier molecular flexibility index (Phi) is 5.53. The Labute approximate surface area is 61.1 Å². The van der Waals surface area contributed by atoms with Gasteiger partial charge in [0.05, 0.1) is 6.61 Å². The molecule has 0 aromatic carbocycles. The van der Waals surface area contributed by atoms with Gasteiger partial charge in [0.25, 0.3) is 0 Å². The van der Waals surface area contributed by atoms with Gasteiger partial charge in [-0.2, -0.15) is 0 Å². The van der Waals surface area contributed by atoms with Crippen LogP contribution in [0.3, 0.4) is 0 Å². The summed E-state index contributed by atoms with van der Waals surface area (Å²) in [5.74, 6) is -0.295. The molecule has 0 radical (unpaired) electrons. The van der Waals surface area contributed by atoms with Crippen molar-refractivity contribution in [2.24, 2.45) is 0 Å². The highest BCUT2D eigenvalue weighted by Gasteiger charge is 1.91. The molecule has 0 aromatic rings. The maximum absolute atomic E-state index is 10.6. The van der Waals surface area contributed by atoms with E-state index in [4.69, 9.17) is 4.74 Å². The number of carbonyl (C=O) groups excluding carboxylic acids is 1. The van der Waals surface area contributed by atoms with E-state index in [9.17, 15) is 4.79 Å². The Hall–Kier alpha value is -0.990. The van der Waals surface area contributed by atoms with Crippen LogP contribution in [0, 0.1) is 0 Å². The van der Waals surface area contributed by atoms with Crippen LogP contribution < -0.4 is 5.32 Å². The summed E-state index contributed by atoms with van der Waals surface area (Å²) in [6, 6.07) is 0. The molecular formula is C7H13NO2. The van der Waals surface area contributed by atoms with Crippen LogP contribution >= 0.6 is 0 Å². The van der Waals surface area contributed by atoms with Gasteiger partial charge in [-0.15, -0.1) is 0 Å². The fourth-order valence-corrected chi connectivity index (χ4v) is 0.402. The van der Waals surface area contributed by atoms with Crippen molar-refractivity contribution in [2.75, 3.05) is 13.7 Å². The van der Waals surface area contributed by atoms with E-state index < -0.39 is 0 Å². The predicted octanol–water partition coefficient (Wildman–Crippen LogP) is 0.673. The molecule has 0 spiro atoms. The summed E-state index contributed by atoms with van der Waals surface area (Å²) in [7, 11) is 1.73. The van der Waals surface area contributed by atoms with Gasteiger partial charge in [-0.1, -0.05) is 6.92 Å². The molecule has 0 atom stereocenters. The molecule has 0 heterocycles. The molecule has 0 aromatic heterocycles. The van der Waals surface area contributed by atoms with Crippen LogP contribution in [0.15, 0.2) is 12.3 Å². The molecule has 3 heteroatoms. The average molecular weight is 143 g/mol. The third-order valence-corrected chi connectivity index (χ3v) is 0.835. The van der Waals surface area contributed by atoms with E-state index in [0.29, 0.717) is 6.61 Å². The van der Waals surface area contributed by atoms with Gasteiger partial charge >= 0.3 is 5.97 Å². The quantitative estimate of drug-likeness (QED) is 0.464. The van der Waals surface area contributed by atoms with Gasteiger partial charge in [-0.3, -0.25) is 0 Å². The first-order valence-electron chi connectivity index (χ1n) is 3.31. The van der Waals surface area contributed by atoms with Crippen LogP contribution in [0.5, 0.6) is 0 Å². The number of hydrogen-bond acceptors (Lipinski definition) is 3. The summed E-state index contributed by atoms with van der Waals surface area (Å²) < 4.78 is 4.73. The lowest BCUT2D eigenvalue weighted by Crippen LogP contribution is -2.03. The van der Waals surface area contributed by atoms with Crippen molar-refractivity contribution in [2.45, 2.75) is 13.3 Å². The molecule has 0 amide bonds. The van der Waals surface area contributed by atoms with E-state index >= 15 is 0 Å². The van der Waals surface area contributed by atoms with Crippen LogP contribution in [0.25, 0.3) is 0 Å². The molecule has 0 saturated carbocycles. The molecule has 0 aliphatic carbocycles. The molecule has 3 nitrogen and oxygen atoms in total. The van der Waals surface area contributed by atoms with Crippen molar-refractivity contribution >= 4 is 5.97 Å². The fraction of sp³-hybridized carbons (Fsp3) is 0.571. The molecule has 1 N–H and O–H groups in total. The predicted molar refractivity (Wildman–Crippen MR) is 39.4 cm³/mol. The second-order valence-corrected chi connectivity index (χ2v) is 1.79. The number of ether oxygens (including phenoxy) is 1. The van der Waals surface area contributed by atoms with Gasteiger partial charge in [0, 0.05) is 19.3 Å². The van der Waals surface area contributed by atoms with Crippen molar-refractivity contribution in [3.63, 3.8) is 0 Å². The van der Waals surface area contributed by atoms with E-state index in [1.165, 1.54) is 12.3 Å². The van der Waals surface area contributed by atoms with Crippen molar-refractivity contribution in [3.05, 3.63) is 12.3 Å². The smallest absolute Gasteiger partial charge is 0.332 e. The highest BCUT2D eigenvalue weighted by atomic mass is 16.5. The zero-order valence-electron chi connectivity index (χ0n) is 6.39. The third-order valence-electron chi connectivity index (χ3n) is 0.835. The zero-order valence-corrected chi connectivity index (χ0v) is 6.39. The first kappa shape index (κ1) is 9.01. The summed E-state index contributed by atoms with van der Waals surface area (Å²) in [6.07, 6.45) is 3.76. The third kappa shape index (κ3) is 5.15. The van der Waals surface area contributed by atoms with Crippen LogP contribution in [0.1, 0.15) is 13.3 Å². The number of esters is 1. The minimum absolute atomic E-state index is 0.295. The van der Waals surface area contributed by atoms with Crippen LogP contribution in [0.2, 0.25) is 0 Å². The Balaban J connectivity index is 3.34. The average Bonchev–Trinajstić information content (AvgIpc) is 1.97. The van der Waals surface area contributed by atoms with E-state index in [1.54, 1.807) is 7.05 Å². The highest BCUT2D eigenvalue weighted by molar-refractivity contribution is 5.81. The van der Waals surface area contributed by atoms with Gasteiger partial charge in [-0.05, 0) is 6.42 Å². The second-order valence-electron chi connectivity index (χ2n) is 1.79. The first-order chi connectivity index (χ1) is 4.81. The molecular weight excluding hydrogens is 130 g/mol. The van der Waals surface area contributed by atoms with E-state index in [-0.39, 0.29) is 5.97 Å². The molecule has 0 aliphatic heterocycles. The minimum Gasteiger partial charge on any atom is -0.463 e. The second kappa shape index (κ2) is 6.13. The Morgan fingerprint density at radius 1 is 1.70 bits per heavy atom. The lowest BCUT2D eigenvalue weighted by molar-refractivity contribution is -0.137. The monoisotopic (exact) mass is 143 g/mol. The summed E-state index contributed by atoms with van der Waals surface area (Å²) in [6.45, 7) is 2.45. The standard InChI is InChI=1S/C7H13NO2/c1-3-6-10-7(9)4-5-8-2/h4-5,8H,3,6H2,1-2H3. The van der Waals surface area contributed by atoms with Crippen molar-refractivity contribution in [1.82, 2.24) is 5.32 Å². The van der Waals surface area contributed by atoms with Gasteiger partial charge in [-0.25, -0.2) is 4.79 Å². The topological polar surface area (TPSA) is 38.3 Å². The number of carbonyl (C=O) groups is 1. The maximum Gasteiger partial charge on any atom is 0.332 e. The Bertz CT molecular complexity index is 121. The maximum atomic E-state index is 10.6. The highest BCUT2D eigenvalue weighted by Crippen LogP contribution is 1.82. The Morgan fingerprint density at radius 3 is 2.90 bits per heavy atom. The summed E-state index contributed by atoms with van der Waals surface area (Å²) in [4.78, 5) is 10.6. The van der Waals surface area contributed by atoms with Gasteiger partial charge in [0.15, 0.2) is 0 Å². The molecule has 0 aliphatic rings. The summed E-state index contributed by atoms with van der Waals surface area (Å²) >= 11 is 0. The van der Waals surface area contributed by atoms with Crippen molar-refractivity contribution < 1.29 is 9.53 Å². The zero-order chi connectivity index (χ0) is 7.82. The molecule has 0 saturated heterocycles. The molecule has 0 rings (SSSR count). The molecule has 0 bridgehead atoms. The van der Waals surface area contributed by atoms with Gasteiger partial charge < -0.3 is 10.1 Å². The SMILES string of the molecule is CCCOC(=O)C=CNC. The molecule has 0 fully saturated rings. The molecule has 0 unspecified atom stereocenters. The van der Waals surface area contributed by atoms with Crippen molar-refractivity contribution in [1.29, 1.82) is 0 Å². The lowest BCUT2D eigenvalue weighted by atomic mass is 10.5. The normalized spacial score (nSPS) is 9.80. The number of rotatable bonds is 4. The van der Waals surface area contributed by atoms with Crippen LogP contribution in [-0.4, -0.2) is 19.6 Å².